The molecule has 13 heteroatoms. The van der Waals surface area contributed by atoms with E-state index in [0.29, 0.717) is 38.5 Å². The number of hydrogen-bond acceptors (Lipinski definition) is 7. The third-order valence-corrected chi connectivity index (χ3v) is 15.0. The van der Waals surface area contributed by atoms with Crippen molar-refractivity contribution in [3.63, 3.8) is 0 Å². The number of fused-ring (bicyclic) bond motifs is 2. The Morgan fingerprint density at radius 3 is 2.18 bits per heavy atom. The van der Waals surface area contributed by atoms with Crippen molar-refractivity contribution in [3.8, 4) is 0 Å². The summed E-state index contributed by atoms with van der Waals surface area (Å²) >= 11 is 0. The fraction of sp³-hybridized carbons (Fsp3) is 0.690. The molecular weight excluding hydrogens is 719 g/mol. The summed E-state index contributed by atoms with van der Waals surface area (Å²) in [4.78, 5) is 71.0. The molecule has 0 spiro atoms. The number of piperidine rings is 1. The van der Waals surface area contributed by atoms with Crippen LogP contribution < -0.4 is 21.3 Å². The van der Waals surface area contributed by atoms with Gasteiger partial charge in [0.1, 0.15) is 12.1 Å². The molecule has 55 heavy (non-hydrogen) atoms. The summed E-state index contributed by atoms with van der Waals surface area (Å²) in [5.74, 6) is -2.85. The third kappa shape index (κ3) is 9.13. The zero-order valence-corrected chi connectivity index (χ0v) is 34.5. The predicted molar refractivity (Wildman–Crippen MR) is 213 cm³/mol. The van der Waals surface area contributed by atoms with Crippen LogP contribution in [0.3, 0.4) is 0 Å². The van der Waals surface area contributed by atoms with Crippen molar-refractivity contribution < 1.29 is 32.4 Å². The van der Waals surface area contributed by atoms with Crippen LogP contribution in [0.15, 0.2) is 36.9 Å². The van der Waals surface area contributed by atoms with Crippen molar-refractivity contribution in [1.82, 2.24) is 26.2 Å². The SMILES string of the molecule is C=CCNC(=O)C(=O)C(CCC)NC(=O)C1C2C(C)(C)C2(C)CN1C(=O)[C@@H](NC(=O)NC1(CS(=O)(=O)CCC(C)C)CCCCC1)C1Cc2ccccc2C1. The number of nitrogens with one attached hydrogen (secondary N) is 4. The number of rotatable bonds is 17. The van der Waals surface area contributed by atoms with Crippen LogP contribution in [0.25, 0.3) is 0 Å². The van der Waals surface area contributed by atoms with E-state index in [1.54, 1.807) is 4.90 Å². The maximum atomic E-state index is 15.0. The lowest BCUT2D eigenvalue weighted by atomic mass is 9.83. The number of likely N-dealkylation sites (tertiary alicyclic amines) is 1. The summed E-state index contributed by atoms with van der Waals surface area (Å²) in [6, 6.07) is 4.35. The molecule has 12 nitrogen and oxygen atoms in total. The van der Waals surface area contributed by atoms with Crippen molar-refractivity contribution in [2.24, 2.45) is 28.6 Å². The number of benzene rings is 1. The van der Waals surface area contributed by atoms with E-state index in [-0.39, 0.29) is 60.1 Å². The molecule has 2 saturated carbocycles. The van der Waals surface area contributed by atoms with Gasteiger partial charge in [0.05, 0.1) is 23.1 Å². The molecule has 0 bridgehead atoms. The van der Waals surface area contributed by atoms with Crippen LogP contribution in [0.5, 0.6) is 0 Å². The summed E-state index contributed by atoms with van der Waals surface area (Å²) in [7, 11) is -3.47. The number of hydrogen-bond donors (Lipinski definition) is 4. The Kier molecular flexibility index (Phi) is 12.9. The number of carbonyl (C=O) groups is 5. The van der Waals surface area contributed by atoms with Gasteiger partial charge in [-0.05, 0) is 72.3 Å². The molecule has 1 saturated heterocycles. The normalized spacial score (nSPS) is 24.9. The molecule has 5 atom stereocenters. The van der Waals surface area contributed by atoms with Crippen molar-refractivity contribution in [1.29, 1.82) is 0 Å². The molecule has 0 aromatic heterocycles. The number of sulfone groups is 1. The molecule has 1 heterocycles. The number of amides is 5. The second-order valence-corrected chi connectivity index (χ2v) is 20.1. The first kappa shape index (κ1) is 42.4. The van der Waals surface area contributed by atoms with Gasteiger partial charge in [0.15, 0.2) is 9.84 Å². The second-order valence-electron chi connectivity index (χ2n) is 17.9. The van der Waals surface area contributed by atoms with E-state index >= 15 is 4.79 Å². The molecule has 3 aliphatic carbocycles. The van der Waals surface area contributed by atoms with Gasteiger partial charge >= 0.3 is 6.03 Å². The standard InChI is InChI=1S/C42H63N5O7S/c1-8-15-31(34(48)37(50)43-21-9-2)44-36(49)33-35-40(5,6)41(35,7)25-47(33)38(51)32(30-23-28-16-11-12-17-29(28)24-30)45-39(52)46-42(19-13-10-14-20-42)26-55(53,54)22-18-27(3)4/h9,11-12,16-17,27,30-33,35H,2,8,10,13-15,18-26H2,1,3-7H3,(H,43,50)(H,44,49)(H2,45,46,52)/t31?,32-,33?,35?,41?/m0/s1. The van der Waals surface area contributed by atoms with Crippen molar-refractivity contribution in [3.05, 3.63) is 48.0 Å². The Morgan fingerprint density at radius 1 is 0.964 bits per heavy atom. The molecule has 4 aliphatic rings. The summed E-state index contributed by atoms with van der Waals surface area (Å²) in [5, 5.41) is 11.5. The molecule has 1 aromatic carbocycles. The highest BCUT2D eigenvalue weighted by Gasteiger charge is 2.77. The maximum Gasteiger partial charge on any atom is 0.315 e. The highest BCUT2D eigenvalue weighted by atomic mass is 32.2. The minimum absolute atomic E-state index is 0.0516. The van der Waals surface area contributed by atoms with E-state index in [4.69, 9.17) is 0 Å². The predicted octanol–water partition coefficient (Wildman–Crippen LogP) is 4.26. The third-order valence-electron chi connectivity index (χ3n) is 13.2. The van der Waals surface area contributed by atoms with E-state index in [1.165, 1.54) is 6.08 Å². The van der Waals surface area contributed by atoms with Crippen LogP contribution in [-0.4, -0.2) is 91.1 Å². The maximum absolute atomic E-state index is 15.0. The smallest absolute Gasteiger partial charge is 0.315 e. The largest absolute Gasteiger partial charge is 0.346 e. The van der Waals surface area contributed by atoms with E-state index < -0.39 is 62.5 Å². The van der Waals surface area contributed by atoms with E-state index in [2.05, 4.69) is 48.6 Å². The van der Waals surface area contributed by atoms with Crippen LogP contribution >= 0.6 is 0 Å². The Morgan fingerprint density at radius 2 is 1.60 bits per heavy atom. The lowest BCUT2D eigenvalue weighted by molar-refractivity contribution is -0.144. The molecule has 4 N–H and O–H groups in total. The monoisotopic (exact) mass is 781 g/mol. The first-order valence-corrected chi connectivity index (χ1v) is 22.1. The van der Waals surface area contributed by atoms with Gasteiger partial charge in [0.25, 0.3) is 5.91 Å². The molecule has 1 aliphatic heterocycles. The number of ketones is 1. The van der Waals surface area contributed by atoms with Crippen LogP contribution in [-0.2, 0) is 41.9 Å². The zero-order valence-electron chi connectivity index (χ0n) is 33.7. The zero-order chi connectivity index (χ0) is 40.3. The van der Waals surface area contributed by atoms with Gasteiger partial charge in [0.2, 0.25) is 17.6 Å². The van der Waals surface area contributed by atoms with Crippen LogP contribution in [0.2, 0.25) is 0 Å². The minimum atomic E-state index is -3.47. The molecule has 5 rings (SSSR count). The minimum Gasteiger partial charge on any atom is -0.346 e. The molecule has 5 amide bonds. The summed E-state index contributed by atoms with van der Waals surface area (Å²) in [6.45, 7) is 16.0. The van der Waals surface area contributed by atoms with Gasteiger partial charge in [-0.2, -0.15) is 0 Å². The van der Waals surface area contributed by atoms with Crippen molar-refractivity contribution >= 4 is 39.4 Å². The average Bonchev–Trinajstić information content (AvgIpc) is 3.48. The van der Waals surface area contributed by atoms with Gasteiger partial charge in [-0.15, -0.1) is 6.58 Å². The topological polar surface area (TPSA) is 171 Å². The van der Waals surface area contributed by atoms with Crippen LogP contribution in [0.4, 0.5) is 4.79 Å². The van der Waals surface area contributed by atoms with Gasteiger partial charge in [-0.3, -0.25) is 19.2 Å². The van der Waals surface area contributed by atoms with Crippen molar-refractivity contribution in [2.45, 2.75) is 129 Å². The second kappa shape index (κ2) is 16.8. The van der Waals surface area contributed by atoms with Gasteiger partial charge in [-0.25, -0.2) is 13.2 Å². The Labute approximate surface area is 327 Å². The first-order valence-electron chi connectivity index (χ1n) is 20.3. The Bertz CT molecular complexity index is 1730. The van der Waals surface area contributed by atoms with Gasteiger partial charge < -0.3 is 26.2 Å². The van der Waals surface area contributed by atoms with Gasteiger partial charge in [-0.1, -0.05) is 97.6 Å². The lowest BCUT2D eigenvalue weighted by Gasteiger charge is -2.39. The molecule has 0 radical (unpaired) electrons. The molecule has 3 fully saturated rings. The lowest BCUT2D eigenvalue weighted by Crippen LogP contribution is -2.63. The van der Waals surface area contributed by atoms with Gasteiger partial charge in [0, 0.05) is 19.0 Å². The highest BCUT2D eigenvalue weighted by Crippen LogP contribution is 2.74. The molecular formula is C42H63N5O7S. The number of nitrogens with zero attached hydrogens (tertiary/aromatic N) is 1. The fourth-order valence-corrected chi connectivity index (χ4v) is 12.0. The molecule has 4 unspecified atom stereocenters. The highest BCUT2D eigenvalue weighted by molar-refractivity contribution is 7.91. The average molecular weight is 782 g/mol. The Balaban J connectivity index is 1.42. The number of Topliss-reactive ketones (excluding diaryl/α,β-unsaturated/α-hetero) is 1. The van der Waals surface area contributed by atoms with E-state index in [1.807, 2.05) is 45.0 Å². The van der Waals surface area contributed by atoms with Crippen LogP contribution in [0, 0.1) is 28.6 Å². The summed E-state index contributed by atoms with van der Waals surface area (Å²) < 4.78 is 26.7. The number of carbonyl (C=O) groups excluding carboxylic acids is 5. The van der Waals surface area contributed by atoms with Crippen molar-refractivity contribution in [2.75, 3.05) is 24.6 Å². The van der Waals surface area contributed by atoms with E-state index in [9.17, 15) is 27.6 Å². The quantitative estimate of drug-likeness (QED) is 0.135. The van der Waals surface area contributed by atoms with E-state index in [0.717, 1.165) is 30.4 Å². The van der Waals surface area contributed by atoms with Crippen LogP contribution in [0.1, 0.15) is 104 Å². The molecule has 304 valence electrons. The fourth-order valence-electron chi connectivity index (χ4n) is 9.78. The first-order chi connectivity index (χ1) is 25.9. The number of urea groups is 1. The molecule has 1 aromatic rings. The Hall–Kier alpha value is -3.74. The summed E-state index contributed by atoms with van der Waals surface area (Å²) in [5.41, 5.74) is 0.566. The summed E-state index contributed by atoms with van der Waals surface area (Å²) in [6.07, 6.45) is 7.48.